The van der Waals surface area contributed by atoms with Gasteiger partial charge in [-0.3, -0.25) is 9.59 Å². The normalized spacial score (nSPS) is 11.8. The molecule has 0 rings (SSSR count). The van der Waals surface area contributed by atoms with Crippen LogP contribution >= 0.6 is 0 Å². The van der Waals surface area contributed by atoms with Crippen LogP contribution < -0.4 is 11.5 Å². The lowest BCUT2D eigenvalue weighted by molar-refractivity contribution is -0.140. The third kappa shape index (κ3) is 11.7. The van der Waals surface area contributed by atoms with Crippen LogP contribution in [0.5, 0.6) is 0 Å². The maximum Gasteiger partial charge on any atom is 0.331 e. The van der Waals surface area contributed by atoms with Gasteiger partial charge in [0, 0.05) is 11.6 Å². The van der Waals surface area contributed by atoms with E-state index >= 15 is 0 Å². The zero-order valence-electron chi connectivity index (χ0n) is 9.49. The molecule has 0 saturated heterocycles. The van der Waals surface area contributed by atoms with Crippen LogP contribution in [0.25, 0.3) is 0 Å². The van der Waals surface area contributed by atoms with Crippen molar-refractivity contribution in [2.24, 2.45) is 11.5 Å². The van der Waals surface area contributed by atoms with Gasteiger partial charge in [-0.2, -0.15) is 0 Å². The number of carbonyl (C=O) groups is 4. The predicted molar refractivity (Wildman–Crippen MR) is 58.5 cm³/mol. The smallest absolute Gasteiger partial charge is 0.331 e. The molecule has 0 aliphatic heterocycles. The maximum absolute atomic E-state index is 9.99. The molecule has 7 N–H and O–H groups in total. The SMILES string of the molecule is C/C(=C\C(=O)O)C(=O)O.NC(=O)CC(N)C(=O)O. The van der Waals surface area contributed by atoms with Gasteiger partial charge >= 0.3 is 17.9 Å². The highest BCUT2D eigenvalue weighted by atomic mass is 16.4. The minimum Gasteiger partial charge on any atom is -0.480 e. The second kappa shape index (κ2) is 8.70. The Balaban J connectivity index is 0. The van der Waals surface area contributed by atoms with E-state index in [0.717, 1.165) is 0 Å². The fraction of sp³-hybridized carbons (Fsp3) is 0.333. The quantitative estimate of drug-likeness (QED) is 0.366. The van der Waals surface area contributed by atoms with Crippen molar-refractivity contribution >= 4 is 23.8 Å². The second-order valence-corrected chi connectivity index (χ2v) is 3.09. The number of hydrogen-bond acceptors (Lipinski definition) is 5. The zero-order chi connectivity index (χ0) is 14.9. The predicted octanol–water partition coefficient (Wildman–Crippen LogP) is -1.62. The Morgan fingerprint density at radius 1 is 1.17 bits per heavy atom. The number of nitrogens with two attached hydrogens (primary N) is 2. The Morgan fingerprint density at radius 3 is 1.72 bits per heavy atom. The molecule has 9 nitrogen and oxygen atoms in total. The van der Waals surface area contributed by atoms with E-state index in [9.17, 15) is 19.2 Å². The van der Waals surface area contributed by atoms with Gasteiger partial charge in [-0.15, -0.1) is 0 Å². The van der Waals surface area contributed by atoms with E-state index in [2.05, 4.69) is 5.73 Å². The molecule has 0 fully saturated rings. The monoisotopic (exact) mass is 262 g/mol. The second-order valence-electron chi connectivity index (χ2n) is 3.09. The summed E-state index contributed by atoms with van der Waals surface area (Å²) in [6.07, 6.45) is 0.331. The molecule has 0 radical (unpaired) electrons. The van der Waals surface area contributed by atoms with E-state index < -0.39 is 29.9 Å². The van der Waals surface area contributed by atoms with E-state index in [0.29, 0.717) is 6.08 Å². The first-order valence-electron chi connectivity index (χ1n) is 4.49. The number of carboxylic acids is 3. The summed E-state index contributed by atoms with van der Waals surface area (Å²) < 4.78 is 0. The molecule has 0 aromatic rings. The number of carbonyl (C=O) groups excluding carboxylic acids is 1. The average molecular weight is 262 g/mol. The number of carboxylic acid groups (broad SMARTS) is 3. The van der Waals surface area contributed by atoms with Crippen LogP contribution in [-0.2, 0) is 19.2 Å². The lowest BCUT2D eigenvalue weighted by atomic mass is 10.2. The van der Waals surface area contributed by atoms with Gasteiger partial charge in [0.1, 0.15) is 6.04 Å². The Kier molecular flexibility index (Phi) is 8.68. The van der Waals surface area contributed by atoms with E-state index in [1.54, 1.807) is 0 Å². The highest BCUT2D eigenvalue weighted by Gasteiger charge is 2.13. The van der Waals surface area contributed by atoms with Crippen molar-refractivity contribution in [3.05, 3.63) is 11.6 Å². The summed E-state index contributed by atoms with van der Waals surface area (Å²) in [7, 11) is 0. The molecule has 9 heteroatoms. The Morgan fingerprint density at radius 2 is 1.61 bits per heavy atom. The van der Waals surface area contributed by atoms with Crippen molar-refractivity contribution in [3.63, 3.8) is 0 Å². The lowest BCUT2D eigenvalue weighted by Gasteiger charge is -1.99. The molecule has 0 aromatic carbocycles. The van der Waals surface area contributed by atoms with Crippen LogP contribution in [0.4, 0.5) is 0 Å². The fourth-order valence-electron chi connectivity index (χ4n) is 0.551. The molecular formula is C9H14N2O7. The molecule has 0 saturated carbocycles. The molecule has 1 atom stereocenters. The van der Waals surface area contributed by atoms with Crippen LogP contribution in [0.3, 0.4) is 0 Å². The van der Waals surface area contributed by atoms with Crippen molar-refractivity contribution in [3.8, 4) is 0 Å². The number of hydrogen-bond donors (Lipinski definition) is 5. The molecule has 0 aromatic heterocycles. The summed E-state index contributed by atoms with van der Waals surface area (Å²) in [6, 6.07) is -1.16. The van der Waals surface area contributed by atoms with Gasteiger partial charge in [0.2, 0.25) is 5.91 Å². The molecule has 1 unspecified atom stereocenters. The van der Waals surface area contributed by atoms with Crippen LogP contribution in [0.1, 0.15) is 13.3 Å². The van der Waals surface area contributed by atoms with Crippen LogP contribution in [0.2, 0.25) is 0 Å². The molecule has 0 heterocycles. The third-order valence-corrected chi connectivity index (χ3v) is 1.42. The van der Waals surface area contributed by atoms with Crippen molar-refractivity contribution in [1.29, 1.82) is 0 Å². The molecule has 0 aliphatic carbocycles. The van der Waals surface area contributed by atoms with Gasteiger partial charge < -0.3 is 26.8 Å². The minimum absolute atomic E-state index is 0.178. The molecule has 102 valence electrons. The summed E-state index contributed by atoms with van der Waals surface area (Å²) in [6.45, 7) is 1.22. The Bertz CT molecular complexity index is 375. The summed E-state index contributed by atoms with van der Waals surface area (Å²) >= 11 is 0. The first-order valence-corrected chi connectivity index (χ1v) is 4.49. The average Bonchev–Trinajstić information content (AvgIpc) is 2.16. The van der Waals surface area contributed by atoms with Gasteiger partial charge in [0.15, 0.2) is 0 Å². The van der Waals surface area contributed by atoms with E-state index in [1.165, 1.54) is 6.92 Å². The highest BCUT2D eigenvalue weighted by Crippen LogP contribution is 1.89. The number of primary amides is 1. The molecule has 18 heavy (non-hydrogen) atoms. The van der Waals surface area contributed by atoms with Crippen LogP contribution in [0.15, 0.2) is 11.6 Å². The zero-order valence-corrected chi connectivity index (χ0v) is 9.49. The van der Waals surface area contributed by atoms with Crippen molar-refractivity contribution in [1.82, 2.24) is 0 Å². The minimum atomic E-state index is -1.24. The van der Waals surface area contributed by atoms with Crippen LogP contribution in [0, 0.1) is 0 Å². The Labute approximate surface area is 102 Å². The number of amides is 1. The molecule has 0 bridgehead atoms. The van der Waals surface area contributed by atoms with Gasteiger partial charge in [0.25, 0.3) is 0 Å². The largest absolute Gasteiger partial charge is 0.480 e. The van der Waals surface area contributed by atoms with E-state index in [-0.39, 0.29) is 12.0 Å². The summed E-state index contributed by atoms with van der Waals surface area (Å²) in [5, 5.41) is 24.2. The van der Waals surface area contributed by atoms with Gasteiger partial charge in [-0.25, -0.2) is 9.59 Å². The van der Waals surface area contributed by atoms with E-state index in [1.807, 2.05) is 0 Å². The van der Waals surface area contributed by atoms with Crippen molar-refractivity contribution in [2.75, 3.05) is 0 Å². The first-order chi connectivity index (χ1) is 8.07. The first kappa shape index (κ1) is 18.0. The highest BCUT2D eigenvalue weighted by molar-refractivity contribution is 5.94. The molecule has 0 aliphatic rings. The molecular weight excluding hydrogens is 248 g/mol. The lowest BCUT2D eigenvalue weighted by Crippen LogP contribution is -2.34. The number of rotatable bonds is 5. The Hall–Kier alpha value is -2.42. The van der Waals surface area contributed by atoms with Crippen molar-refractivity contribution in [2.45, 2.75) is 19.4 Å². The van der Waals surface area contributed by atoms with Crippen molar-refractivity contribution < 1.29 is 34.5 Å². The topological polar surface area (TPSA) is 181 Å². The summed E-state index contributed by atoms with van der Waals surface area (Å²) in [4.78, 5) is 39.6. The summed E-state index contributed by atoms with van der Waals surface area (Å²) in [5.74, 6) is -4.37. The molecule has 1 amide bonds. The standard InChI is InChI=1S/C5H6O4.C4H8N2O3/c1-3(5(8)9)2-4(6)7;5-2(4(8)9)1-3(6)7/h2H,1H3,(H,6,7)(H,8,9);2H,1,5H2,(H2,6,7)(H,8,9)/b3-2+;. The van der Waals surface area contributed by atoms with Gasteiger partial charge in [0.05, 0.1) is 6.42 Å². The van der Waals surface area contributed by atoms with Crippen LogP contribution in [-0.4, -0.2) is 45.2 Å². The van der Waals surface area contributed by atoms with E-state index in [4.69, 9.17) is 21.1 Å². The molecule has 0 spiro atoms. The van der Waals surface area contributed by atoms with Gasteiger partial charge in [-0.1, -0.05) is 0 Å². The van der Waals surface area contributed by atoms with Gasteiger partial charge in [-0.05, 0) is 6.92 Å². The number of aliphatic carboxylic acids is 3. The maximum atomic E-state index is 9.99. The summed E-state index contributed by atoms with van der Waals surface area (Å²) in [5.41, 5.74) is 9.39. The fourth-order valence-corrected chi connectivity index (χ4v) is 0.551. The third-order valence-electron chi connectivity index (χ3n) is 1.42.